The molecule has 1 aromatic rings. The van der Waals surface area contributed by atoms with Gasteiger partial charge in [0, 0.05) is 24.3 Å². The summed E-state index contributed by atoms with van der Waals surface area (Å²) >= 11 is 1.47. The number of nitro benzene ring substituents is 1. The quantitative estimate of drug-likeness (QED) is 0.610. The SMILES string of the molecule is CSCCC(=O)Nc1cc([N+](=O)[O-])ccc1C(=O)O. The fourth-order valence-corrected chi connectivity index (χ4v) is 1.73. The van der Waals surface area contributed by atoms with Crippen LogP contribution in [0, 0.1) is 10.1 Å². The van der Waals surface area contributed by atoms with Crippen LogP contribution in [0.2, 0.25) is 0 Å². The molecule has 1 rings (SSSR count). The number of aromatic carboxylic acids is 1. The normalized spacial score (nSPS) is 9.95. The van der Waals surface area contributed by atoms with Crippen LogP contribution >= 0.6 is 11.8 Å². The van der Waals surface area contributed by atoms with E-state index in [4.69, 9.17) is 5.11 Å². The van der Waals surface area contributed by atoms with Crippen LogP contribution in [-0.4, -0.2) is 33.9 Å². The standard InChI is InChI=1S/C11H12N2O5S/c1-19-5-4-10(14)12-9-6-7(13(17)18)2-3-8(9)11(15)16/h2-3,6H,4-5H2,1H3,(H,12,14)(H,15,16). The van der Waals surface area contributed by atoms with Gasteiger partial charge >= 0.3 is 5.97 Å². The fourth-order valence-electron chi connectivity index (χ4n) is 1.34. The Hall–Kier alpha value is -2.09. The Bertz CT molecular complexity index is 518. The van der Waals surface area contributed by atoms with E-state index in [9.17, 15) is 19.7 Å². The molecule has 1 aromatic carbocycles. The molecule has 0 atom stereocenters. The number of carbonyl (C=O) groups excluding carboxylic acids is 1. The monoisotopic (exact) mass is 284 g/mol. The molecule has 19 heavy (non-hydrogen) atoms. The summed E-state index contributed by atoms with van der Waals surface area (Å²) in [6, 6.07) is 3.23. The molecule has 0 aliphatic carbocycles. The molecular weight excluding hydrogens is 272 g/mol. The third kappa shape index (κ3) is 4.25. The Morgan fingerprint density at radius 1 is 1.47 bits per heavy atom. The Kier molecular flexibility index (Phi) is 5.31. The lowest BCUT2D eigenvalue weighted by Gasteiger charge is -2.08. The zero-order valence-electron chi connectivity index (χ0n) is 10.1. The van der Waals surface area contributed by atoms with Crippen molar-refractivity contribution in [3.8, 4) is 0 Å². The maximum atomic E-state index is 11.5. The summed E-state index contributed by atoms with van der Waals surface area (Å²) in [6.07, 6.45) is 2.05. The molecule has 0 bridgehead atoms. The molecule has 2 N–H and O–H groups in total. The number of anilines is 1. The third-order valence-corrected chi connectivity index (χ3v) is 2.86. The van der Waals surface area contributed by atoms with E-state index in [2.05, 4.69) is 5.32 Å². The van der Waals surface area contributed by atoms with Crippen molar-refractivity contribution in [3.05, 3.63) is 33.9 Å². The molecule has 0 radical (unpaired) electrons. The van der Waals surface area contributed by atoms with Crippen LogP contribution < -0.4 is 5.32 Å². The summed E-state index contributed by atoms with van der Waals surface area (Å²) in [6.45, 7) is 0. The van der Waals surface area contributed by atoms with E-state index < -0.39 is 10.9 Å². The third-order valence-electron chi connectivity index (χ3n) is 2.25. The zero-order chi connectivity index (χ0) is 14.4. The maximum Gasteiger partial charge on any atom is 0.337 e. The number of carboxylic acids is 1. The Labute approximate surface area is 113 Å². The molecule has 0 aromatic heterocycles. The van der Waals surface area contributed by atoms with Gasteiger partial charge in [0.25, 0.3) is 5.69 Å². The molecule has 102 valence electrons. The highest BCUT2D eigenvalue weighted by Crippen LogP contribution is 2.23. The van der Waals surface area contributed by atoms with Crippen LogP contribution in [-0.2, 0) is 4.79 Å². The van der Waals surface area contributed by atoms with Gasteiger partial charge < -0.3 is 10.4 Å². The predicted molar refractivity (Wildman–Crippen MR) is 71.7 cm³/mol. The molecule has 0 saturated heterocycles. The lowest BCUT2D eigenvalue weighted by Crippen LogP contribution is -2.15. The maximum absolute atomic E-state index is 11.5. The molecule has 8 heteroatoms. The minimum Gasteiger partial charge on any atom is -0.478 e. The topological polar surface area (TPSA) is 110 Å². The first kappa shape index (κ1) is 15.0. The summed E-state index contributed by atoms with van der Waals surface area (Å²) in [4.78, 5) is 32.5. The van der Waals surface area contributed by atoms with Crippen molar-refractivity contribution in [3.63, 3.8) is 0 Å². The number of amides is 1. The van der Waals surface area contributed by atoms with Crippen LogP contribution in [0.5, 0.6) is 0 Å². The number of nitro groups is 1. The number of non-ortho nitro benzene ring substituents is 1. The Balaban J connectivity index is 3.01. The number of hydrogen-bond donors (Lipinski definition) is 2. The molecule has 7 nitrogen and oxygen atoms in total. The smallest absolute Gasteiger partial charge is 0.337 e. The van der Waals surface area contributed by atoms with Crippen molar-refractivity contribution in [2.75, 3.05) is 17.3 Å². The molecule has 0 fully saturated rings. The summed E-state index contributed by atoms with van der Waals surface area (Å²) in [5.41, 5.74) is -0.513. The molecule has 1 amide bonds. The van der Waals surface area contributed by atoms with Gasteiger partial charge in [-0.25, -0.2) is 4.79 Å². The second-order valence-electron chi connectivity index (χ2n) is 3.58. The van der Waals surface area contributed by atoms with Gasteiger partial charge in [0.2, 0.25) is 5.91 Å². The predicted octanol–water partition coefficient (Wildman–Crippen LogP) is 1.98. The summed E-state index contributed by atoms with van der Waals surface area (Å²) in [7, 11) is 0. The second kappa shape index (κ2) is 6.74. The average molecular weight is 284 g/mol. The van der Waals surface area contributed by atoms with Crippen molar-refractivity contribution in [1.29, 1.82) is 0 Å². The van der Waals surface area contributed by atoms with Gasteiger partial charge in [0.15, 0.2) is 0 Å². The van der Waals surface area contributed by atoms with Gasteiger partial charge in [0.05, 0.1) is 16.2 Å². The number of thioether (sulfide) groups is 1. The molecule has 0 heterocycles. The summed E-state index contributed by atoms with van der Waals surface area (Å²) < 4.78 is 0. The van der Waals surface area contributed by atoms with Crippen LogP contribution in [0.25, 0.3) is 0 Å². The number of benzene rings is 1. The van der Waals surface area contributed by atoms with Gasteiger partial charge in [0.1, 0.15) is 0 Å². The molecule has 0 aliphatic heterocycles. The minimum absolute atomic E-state index is 0.0622. The van der Waals surface area contributed by atoms with E-state index in [-0.39, 0.29) is 29.3 Å². The van der Waals surface area contributed by atoms with E-state index in [1.165, 1.54) is 11.8 Å². The molecular formula is C11H12N2O5S. The van der Waals surface area contributed by atoms with Crippen LogP contribution in [0.3, 0.4) is 0 Å². The largest absolute Gasteiger partial charge is 0.478 e. The number of carbonyl (C=O) groups is 2. The van der Waals surface area contributed by atoms with Gasteiger partial charge in [-0.05, 0) is 12.3 Å². The summed E-state index contributed by atoms with van der Waals surface area (Å²) in [5.74, 6) is -1.05. The van der Waals surface area contributed by atoms with Gasteiger partial charge in [-0.3, -0.25) is 14.9 Å². The van der Waals surface area contributed by atoms with Crippen molar-refractivity contribution in [2.24, 2.45) is 0 Å². The Morgan fingerprint density at radius 3 is 2.68 bits per heavy atom. The Morgan fingerprint density at radius 2 is 2.16 bits per heavy atom. The zero-order valence-corrected chi connectivity index (χ0v) is 10.9. The van der Waals surface area contributed by atoms with Crippen LogP contribution in [0.15, 0.2) is 18.2 Å². The van der Waals surface area contributed by atoms with Crippen molar-refractivity contribution in [1.82, 2.24) is 0 Å². The first-order valence-electron chi connectivity index (χ1n) is 5.26. The molecule has 0 spiro atoms. The van der Waals surface area contributed by atoms with E-state index in [0.717, 1.165) is 18.2 Å². The van der Waals surface area contributed by atoms with E-state index >= 15 is 0 Å². The van der Waals surface area contributed by atoms with Crippen LogP contribution in [0.4, 0.5) is 11.4 Å². The van der Waals surface area contributed by atoms with Gasteiger partial charge in [-0.2, -0.15) is 11.8 Å². The fraction of sp³-hybridized carbons (Fsp3) is 0.273. The number of nitrogens with one attached hydrogen (secondary N) is 1. The van der Waals surface area contributed by atoms with E-state index in [1.807, 2.05) is 6.26 Å². The minimum atomic E-state index is -1.25. The highest BCUT2D eigenvalue weighted by molar-refractivity contribution is 7.98. The van der Waals surface area contributed by atoms with Crippen molar-refractivity contribution < 1.29 is 19.6 Å². The molecule has 0 aliphatic rings. The number of rotatable bonds is 6. The van der Waals surface area contributed by atoms with E-state index in [1.54, 1.807) is 0 Å². The lowest BCUT2D eigenvalue weighted by atomic mass is 10.1. The first-order valence-corrected chi connectivity index (χ1v) is 6.65. The van der Waals surface area contributed by atoms with Crippen molar-refractivity contribution in [2.45, 2.75) is 6.42 Å². The lowest BCUT2D eigenvalue weighted by molar-refractivity contribution is -0.384. The average Bonchev–Trinajstić information content (AvgIpc) is 2.35. The van der Waals surface area contributed by atoms with Gasteiger partial charge in [-0.1, -0.05) is 0 Å². The van der Waals surface area contributed by atoms with Crippen LogP contribution in [0.1, 0.15) is 16.8 Å². The first-order chi connectivity index (χ1) is 8.95. The summed E-state index contributed by atoms with van der Waals surface area (Å²) in [5, 5.41) is 22.0. The highest BCUT2D eigenvalue weighted by Gasteiger charge is 2.16. The highest BCUT2D eigenvalue weighted by atomic mass is 32.2. The number of nitrogens with zero attached hydrogens (tertiary/aromatic N) is 1. The molecule has 0 unspecified atom stereocenters. The van der Waals surface area contributed by atoms with Crippen molar-refractivity contribution >= 4 is 35.0 Å². The number of carboxylic acid groups (broad SMARTS) is 1. The van der Waals surface area contributed by atoms with E-state index in [0.29, 0.717) is 5.75 Å². The van der Waals surface area contributed by atoms with Gasteiger partial charge in [-0.15, -0.1) is 0 Å². The number of hydrogen-bond acceptors (Lipinski definition) is 5. The second-order valence-corrected chi connectivity index (χ2v) is 4.57. The molecule has 0 saturated carbocycles.